The van der Waals surface area contributed by atoms with Crippen LogP contribution in [-0.2, 0) is 0 Å². The van der Waals surface area contributed by atoms with Gasteiger partial charge in [0, 0.05) is 10.9 Å². The fraction of sp³-hybridized carbons (Fsp3) is 0.231. The van der Waals surface area contributed by atoms with Crippen LogP contribution in [0.1, 0.15) is 31.0 Å². The van der Waals surface area contributed by atoms with Crippen LogP contribution in [0.3, 0.4) is 0 Å². The standard InChI is InChI=1S/C13H11FN2S/c1-8(2)12-7-17-13(16-12)11-5-10(14)4-3-9(11)6-15/h3-5,7-8H,1-2H3. The molecule has 2 aromatic rings. The molecule has 0 atom stereocenters. The highest BCUT2D eigenvalue weighted by atomic mass is 32.1. The number of hydrogen-bond donors (Lipinski definition) is 0. The summed E-state index contributed by atoms with van der Waals surface area (Å²) in [7, 11) is 0. The van der Waals surface area contributed by atoms with Crippen LogP contribution in [-0.4, -0.2) is 4.98 Å². The van der Waals surface area contributed by atoms with Crippen molar-refractivity contribution in [3.63, 3.8) is 0 Å². The number of aromatic nitrogens is 1. The van der Waals surface area contributed by atoms with Gasteiger partial charge in [-0.1, -0.05) is 13.8 Å². The molecule has 0 fully saturated rings. The predicted octanol–water partition coefficient (Wildman–Crippen LogP) is 3.94. The van der Waals surface area contributed by atoms with Crippen LogP contribution < -0.4 is 0 Å². The van der Waals surface area contributed by atoms with Gasteiger partial charge in [-0.15, -0.1) is 11.3 Å². The minimum absolute atomic E-state index is 0.332. The van der Waals surface area contributed by atoms with Gasteiger partial charge in [0.25, 0.3) is 0 Å². The van der Waals surface area contributed by atoms with Crippen LogP contribution in [0, 0.1) is 17.1 Å². The van der Waals surface area contributed by atoms with E-state index in [1.165, 1.54) is 29.5 Å². The van der Waals surface area contributed by atoms with Crippen molar-refractivity contribution in [3.8, 4) is 16.6 Å². The van der Waals surface area contributed by atoms with Gasteiger partial charge in [0.15, 0.2) is 0 Å². The second-order valence-electron chi connectivity index (χ2n) is 4.03. The number of thiazole rings is 1. The molecule has 17 heavy (non-hydrogen) atoms. The molecule has 0 aliphatic heterocycles. The Morgan fingerprint density at radius 1 is 1.41 bits per heavy atom. The first kappa shape index (κ1) is 11.7. The zero-order valence-electron chi connectivity index (χ0n) is 9.57. The summed E-state index contributed by atoms with van der Waals surface area (Å²) in [6.07, 6.45) is 0. The van der Waals surface area contributed by atoms with E-state index >= 15 is 0 Å². The average Bonchev–Trinajstić information content (AvgIpc) is 2.78. The van der Waals surface area contributed by atoms with Crippen molar-refractivity contribution in [2.24, 2.45) is 0 Å². The molecule has 0 N–H and O–H groups in total. The summed E-state index contributed by atoms with van der Waals surface area (Å²) in [6.45, 7) is 4.10. The normalized spacial score (nSPS) is 10.5. The van der Waals surface area contributed by atoms with Gasteiger partial charge < -0.3 is 0 Å². The van der Waals surface area contributed by atoms with Crippen LogP contribution in [0.2, 0.25) is 0 Å². The number of nitriles is 1. The summed E-state index contributed by atoms with van der Waals surface area (Å²) in [5.41, 5.74) is 2.00. The molecule has 1 aromatic heterocycles. The zero-order chi connectivity index (χ0) is 12.4. The van der Waals surface area contributed by atoms with E-state index in [0.717, 1.165) is 5.69 Å². The maximum absolute atomic E-state index is 13.2. The molecule has 0 amide bonds. The van der Waals surface area contributed by atoms with Gasteiger partial charge in [-0.2, -0.15) is 5.26 Å². The Morgan fingerprint density at radius 2 is 2.18 bits per heavy atom. The number of nitrogens with zero attached hydrogens (tertiary/aromatic N) is 2. The third-order valence-corrected chi connectivity index (χ3v) is 3.34. The van der Waals surface area contributed by atoms with E-state index in [-0.39, 0.29) is 5.82 Å². The number of hydrogen-bond acceptors (Lipinski definition) is 3. The summed E-state index contributed by atoms with van der Waals surface area (Å²) in [5.74, 6) is -0.0145. The summed E-state index contributed by atoms with van der Waals surface area (Å²) < 4.78 is 13.2. The largest absolute Gasteiger partial charge is 0.241 e. The molecule has 0 spiro atoms. The quantitative estimate of drug-likeness (QED) is 0.804. The molecule has 1 aromatic carbocycles. The Balaban J connectivity index is 2.52. The molecule has 1 heterocycles. The van der Waals surface area contributed by atoms with E-state index in [9.17, 15) is 4.39 Å². The minimum atomic E-state index is -0.347. The fourth-order valence-corrected chi connectivity index (χ4v) is 2.48. The molecule has 86 valence electrons. The maximum Gasteiger partial charge on any atom is 0.125 e. The summed E-state index contributed by atoms with van der Waals surface area (Å²) >= 11 is 1.44. The van der Waals surface area contributed by atoms with E-state index in [1.54, 1.807) is 0 Å². The van der Waals surface area contributed by atoms with E-state index in [4.69, 9.17) is 5.26 Å². The Bertz CT molecular complexity index is 581. The monoisotopic (exact) mass is 246 g/mol. The van der Waals surface area contributed by atoms with Crippen molar-refractivity contribution in [1.82, 2.24) is 4.98 Å². The Morgan fingerprint density at radius 3 is 2.76 bits per heavy atom. The second kappa shape index (κ2) is 4.64. The molecule has 2 rings (SSSR count). The molecule has 0 bridgehead atoms. The zero-order valence-corrected chi connectivity index (χ0v) is 10.4. The van der Waals surface area contributed by atoms with Crippen molar-refractivity contribution in [3.05, 3.63) is 40.7 Å². The van der Waals surface area contributed by atoms with Crippen LogP contribution in [0.25, 0.3) is 10.6 Å². The first-order valence-corrected chi connectivity index (χ1v) is 6.15. The molecule has 0 unspecified atom stereocenters. The van der Waals surface area contributed by atoms with Gasteiger partial charge >= 0.3 is 0 Å². The maximum atomic E-state index is 13.2. The van der Waals surface area contributed by atoms with E-state index in [2.05, 4.69) is 24.9 Å². The van der Waals surface area contributed by atoms with Gasteiger partial charge in [-0.3, -0.25) is 0 Å². The smallest absolute Gasteiger partial charge is 0.125 e. The van der Waals surface area contributed by atoms with Crippen molar-refractivity contribution >= 4 is 11.3 Å². The minimum Gasteiger partial charge on any atom is -0.241 e. The highest BCUT2D eigenvalue weighted by Crippen LogP contribution is 2.29. The molecule has 0 aliphatic carbocycles. The van der Waals surface area contributed by atoms with Gasteiger partial charge in [0.1, 0.15) is 10.8 Å². The predicted molar refractivity (Wildman–Crippen MR) is 66.3 cm³/mol. The Kier molecular flexibility index (Phi) is 3.21. The lowest BCUT2D eigenvalue weighted by molar-refractivity contribution is 0.628. The highest BCUT2D eigenvalue weighted by Gasteiger charge is 2.12. The SMILES string of the molecule is CC(C)c1csc(-c2cc(F)ccc2C#N)n1. The van der Waals surface area contributed by atoms with Crippen LogP contribution >= 0.6 is 11.3 Å². The van der Waals surface area contributed by atoms with Crippen LogP contribution in [0.4, 0.5) is 4.39 Å². The molecule has 4 heteroatoms. The molecule has 0 saturated heterocycles. The highest BCUT2D eigenvalue weighted by molar-refractivity contribution is 7.13. The molecule has 0 aliphatic rings. The molecule has 0 radical (unpaired) electrons. The molecular formula is C13H11FN2S. The lowest BCUT2D eigenvalue weighted by atomic mass is 10.1. The molecular weight excluding hydrogens is 235 g/mol. The van der Waals surface area contributed by atoms with Crippen molar-refractivity contribution in [2.45, 2.75) is 19.8 Å². The van der Waals surface area contributed by atoms with Crippen molar-refractivity contribution in [2.75, 3.05) is 0 Å². The summed E-state index contributed by atoms with van der Waals surface area (Å²) in [5, 5.41) is 11.6. The van der Waals surface area contributed by atoms with Gasteiger partial charge in [0.2, 0.25) is 0 Å². The van der Waals surface area contributed by atoms with E-state index < -0.39 is 0 Å². The third-order valence-electron chi connectivity index (χ3n) is 2.45. The van der Waals surface area contributed by atoms with Gasteiger partial charge in [-0.05, 0) is 24.1 Å². The number of benzene rings is 1. The lowest BCUT2D eigenvalue weighted by Crippen LogP contribution is -1.89. The number of halogens is 1. The second-order valence-corrected chi connectivity index (χ2v) is 4.89. The van der Waals surface area contributed by atoms with E-state index in [0.29, 0.717) is 22.1 Å². The van der Waals surface area contributed by atoms with Crippen LogP contribution in [0.15, 0.2) is 23.6 Å². The van der Waals surface area contributed by atoms with E-state index in [1.807, 2.05) is 5.38 Å². The summed E-state index contributed by atoms with van der Waals surface area (Å²) in [6, 6.07) is 6.20. The van der Waals surface area contributed by atoms with Crippen molar-refractivity contribution in [1.29, 1.82) is 5.26 Å². The number of rotatable bonds is 2. The van der Waals surface area contributed by atoms with Gasteiger partial charge in [0.05, 0.1) is 17.3 Å². The lowest BCUT2D eigenvalue weighted by Gasteiger charge is -2.00. The summed E-state index contributed by atoms with van der Waals surface area (Å²) in [4.78, 5) is 4.43. The molecule has 2 nitrogen and oxygen atoms in total. The third kappa shape index (κ3) is 2.34. The Hall–Kier alpha value is -1.73. The Labute approximate surface area is 103 Å². The van der Waals surface area contributed by atoms with Gasteiger partial charge in [-0.25, -0.2) is 9.37 Å². The first-order chi connectivity index (χ1) is 8.11. The average molecular weight is 246 g/mol. The van der Waals surface area contributed by atoms with Crippen molar-refractivity contribution < 1.29 is 4.39 Å². The fourth-order valence-electron chi connectivity index (χ4n) is 1.47. The van der Waals surface area contributed by atoms with Crippen LogP contribution in [0.5, 0.6) is 0 Å². The topological polar surface area (TPSA) is 36.7 Å². The first-order valence-electron chi connectivity index (χ1n) is 5.27. The molecule has 0 saturated carbocycles.